The molecule has 0 saturated carbocycles. The first-order valence-electron chi connectivity index (χ1n) is 18.8. The number of benzene rings is 8. The van der Waals surface area contributed by atoms with E-state index in [1.54, 1.807) is 18.2 Å². The number of hydrogen-bond donors (Lipinski definition) is 0. The SMILES string of the molecule is [C-]#[N+]c1ccccc1-c1ccc2c(c1)c1ccccc1n2-c1cc(-c2ccc(C#N)cc2F)cc(-n2c3ccccc3c3cc(-c4ccccc4C#N)ccc32)c1C#N. The molecule has 0 bridgehead atoms. The van der Waals surface area contributed by atoms with Gasteiger partial charge in [0.25, 0.3) is 0 Å². The molecule has 7 heteroatoms. The van der Waals surface area contributed by atoms with Crippen molar-refractivity contribution in [2.24, 2.45) is 0 Å². The topological polar surface area (TPSA) is 85.6 Å². The predicted molar refractivity (Wildman–Crippen MR) is 232 cm³/mol. The maximum Gasteiger partial charge on any atom is 0.194 e. The second-order valence-electron chi connectivity index (χ2n) is 14.3. The summed E-state index contributed by atoms with van der Waals surface area (Å²) in [5.41, 5.74) is 10.4. The van der Waals surface area contributed by atoms with E-state index in [0.29, 0.717) is 33.8 Å². The molecular formula is C52H27FN6. The van der Waals surface area contributed by atoms with Crippen LogP contribution in [0, 0.1) is 46.4 Å². The Balaban J connectivity index is 1.31. The molecule has 59 heavy (non-hydrogen) atoms. The van der Waals surface area contributed by atoms with Gasteiger partial charge in [0.15, 0.2) is 5.69 Å². The molecule has 6 nitrogen and oxygen atoms in total. The molecule has 0 spiro atoms. The molecule has 0 amide bonds. The fourth-order valence-electron chi connectivity index (χ4n) is 8.50. The molecule has 0 unspecified atom stereocenters. The molecule has 272 valence electrons. The van der Waals surface area contributed by atoms with Crippen LogP contribution in [0.3, 0.4) is 0 Å². The van der Waals surface area contributed by atoms with Crippen LogP contribution in [0.4, 0.5) is 10.1 Å². The zero-order valence-electron chi connectivity index (χ0n) is 31.1. The van der Waals surface area contributed by atoms with Gasteiger partial charge in [-0.15, -0.1) is 0 Å². The highest BCUT2D eigenvalue weighted by molar-refractivity contribution is 6.12. The number of hydrogen-bond acceptors (Lipinski definition) is 3. The predicted octanol–water partition coefficient (Wildman–Crippen LogP) is 13.2. The van der Waals surface area contributed by atoms with Gasteiger partial charge < -0.3 is 9.13 Å². The van der Waals surface area contributed by atoms with E-state index in [9.17, 15) is 15.8 Å². The number of para-hydroxylation sites is 3. The van der Waals surface area contributed by atoms with Crippen molar-refractivity contribution in [2.75, 3.05) is 0 Å². The lowest BCUT2D eigenvalue weighted by molar-refractivity contribution is 0.631. The van der Waals surface area contributed by atoms with Crippen LogP contribution < -0.4 is 0 Å². The Bertz CT molecular complexity index is 3380. The number of nitriles is 3. The van der Waals surface area contributed by atoms with Crippen LogP contribution in [0.25, 0.3) is 93.2 Å². The maximum atomic E-state index is 16.1. The zero-order chi connectivity index (χ0) is 40.2. The van der Waals surface area contributed by atoms with Gasteiger partial charge in [-0.1, -0.05) is 97.1 Å². The molecule has 0 radical (unpaired) electrons. The van der Waals surface area contributed by atoms with E-state index in [1.165, 1.54) is 6.07 Å². The van der Waals surface area contributed by atoms with E-state index < -0.39 is 5.82 Å². The summed E-state index contributed by atoms with van der Waals surface area (Å²) < 4.78 is 20.2. The summed E-state index contributed by atoms with van der Waals surface area (Å²) in [5.74, 6) is -0.556. The van der Waals surface area contributed by atoms with Crippen molar-refractivity contribution in [1.29, 1.82) is 15.8 Å². The van der Waals surface area contributed by atoms with Crippen molar-refractivity contribution in [2.45, 2.75) is 0 Å². The van der Waals surface area contributed by atoms with Gasteiger partial charge in [0, 0.05) is 27.1 Å². The molecule has 10 rings (SSSR count). The largest absolute Gasteiger partial charge is 0.308 e. The molecule has 0 fully saturated rings. The summed E-state index contributed by atoms with van der Waals surface area (Å²) in [5, 5.41) is 34.6. The fraction of sp³-hybridized carbons (Fsp3) is 0. The Labute approximate surface area is 338 Å². The van der Waals surface area contributed by atoms with Crippen LogP contribution in [-0.4, -0.2) is 9.13 Å². The van der Waals surface area contributed by atoms with Gasteiger partial charge >= 0.3 is 0 Å². The quantitative estimate of drug-likeness (QED) is 0.164. The van der Waals surface area contributed by atoms with Crippen LogP contribution in [0.5, 0.6) is 0 Å². The zero-order valence-corrected chi connectivity index (χ0v) is 31.1. The maximum absolute atomic E-state index is 16.1. The van der Waals surface area contributed by atoms with Gasteiger partial charge in [0.2, 0.25) is 0 Å². The van der Waals surface area contributed by atoms with Crippen LogP contribution in [-0.2, 0) is 0 Å². The molecule has 0 N–H and O–H groups in total. The van der Waals surface area contributed by atoms with Crippen LogP contribution >= 0.6 is 0 Å². The summed E-state index contributed by atoms with van der Waals surface area (Å²) in [7, 11) is 0. The number of rotatable bonds is 5. The Kier molecular flexibility index (Phi) is 8.10. The van der Waals surface area contributed by atoms with E-state index in [4.69, 9.17) is 6.57 Å². The Morgan fingerprint density at radius 3 is 1.58 bits per heavy atom. The number of aromatic nitrogens is 2. The van der Waals surface area contributed by atoms with E-state index in [1.807, 2.05) is 133 Å². The van der Waals surface area contributed by atoms with Crippen LogP contribution in [0.1, 0.15) is 16.7 Å². The van der Waals surface area contributed by atoms with E-state index in [-0.39, 0.29) is 11.1 Å². The summed E-state index contributed by atoms with van der Waals surface area (Å²) >= 11 is 0. The van der Waals surface area contributed by atoms with Gasteiger partial charge in [-0.05, 0) is 94.5 Å². The van der Waals surface area contributed by atoms with Crippen molar-refractivity contribution in [1.82, 2.24) is 9.13 Å². The average Bonchev–Trinajstić information content (AvgIpc) is 3.80. The second-order valence-corrected chi connectivity index (χ2v) is 14.3. The minimum atomic E-state index is -0.556. The van der Waals surface area contributed by atoms with Crippen LogP contribution in [0.2, 0.25) is 0 Å². The Morgan fingerprint density at radius 1 is 0.458 bits per heavy atom. The molecule has 0 aliphatic heterocycles. The first-order chi connectivity index (χ1) is 29.0. The fourth-order valence-corrected chi connectivity index (χ4v) is 8.50. The first kappa shape index (κ1) is 34.7. The smallest absolute Gasteiger partial charge is 0.194 e. The van der Waals surface area contributed by atoms with E-state index in [0.717, 1.165) is 65.9 Å². The van der Waals surface area contributed by atoms with Crippen molar-refractivity contribution < 1.29 is 4.39 Å². The Hall–Kier alpha value is -8.75. The third-order valence-corrected chi connectivity index (χ3v) is 11.1. The highest BCUT2D eigenvalue weighted by atomic mass is 19.1. The molecule has 2 heterocycles. The lowest BCUT2D eigenvalue weighted by Gasteiger charge is -2.19. The third kappa shape index (κ3) is 5.43. The lowest BCUT2D eigenvalue weighted by atomic mass is 9.98. The van der Waals surface area contributed by atoms with Crippen molar-refractivity contribution in [3.63, 3.8) is 0 Å². The number of halogens is 1. The minimum absolute atomic E-state index is 0.203. The normalized spacial score (nSPS) is 11.1. The summed E-state index contributed by atoms with van der Waals surface area (Å²) in [6.45, 7) is 7.80. The van der Waals surface area contributed by atoms with Gasteiger partial charge in [0.1, 0.15) is 17.4 Å². The lowest BCUT2D eigenvalue weighted by Crippen LogP contribution is -2.05. The van der Waals surface area contributed by atoms with Crippen molar-refractivity contribution >= 4 is 49.3 Å². The van der Waals surface area contributed by atoms with Gasteiger partial charge in [-0.2, -0.15) is 15.8 Å². The van der Waals surface area contributed by atoms with Gasteiger partial charge in [0.05, 0.1) is 63.3 Å². The monoisotopic (exact) mass is 754 g/mol. The number of fused-ring (bicyclic) bond motifs is 6. The van der Waals surface area contributed by atoms with Crippen LogP contribution in [0.15, 0.2) is 164 Å². The minimum Gasteiger partial charge on any atom is -0.308 e. The first-order valence-corrected chi connectivity index (χ1v) is 18.8. The molecule has 10 aromatic rings. The third-order valence-electron chi connectivity index (χ3n) is 11.1. The molecule has 2 aromatic heterocycles. The average molecular weight is 755 g/mol. The standard InChI is InChI=1S/C52H27FN6/c1-57-46-15-7-4-12-39(46)34-20-23-50-43(26-34)41-14-6-9-17-48(41)59(50)52-28-36(38-21-18-32(29-54)24-45(38)53)27-51(44(52)31-56)58-47-16-8-5-13-40(47)42-25-33(19-22-49(42)58)37-11-3-2-10-35(37)30-55/h2-28H. The van der Waals surface area contributed by atoms with Gasteiger partial charge in [-0.25, -0.2) is 9.24 Å². The van der Waals surface area contributed by atoms with Crippen molar-refractivity contribution in [3.8, 4) is 63.0 Å². The molecule has 0 aliphatic rings. The molecular weight excluding hydrogens is 728 g/mol. The Morgan fingerprint density at radius 2 is 1.00 bits per heavy atom. The molecule has 0 aliphatic carbocycles. The van der Waals surface area contributed by atoms with Gasteiger partial charge in [-0.3, -0.25) is 0 Å². The van der Waals surface area contributed by atoms with E-state index in [2.05, 4.69) is 38.3 Å². The molecule has 8 aromatic carbocycles. The summed E-state index contributed by atoms with van der Waals surface area (Å²) in [6.07, 6.45) is 0. The highest BCUT2D eigenvalue weighted by Crippen LogP contribution is 2.43. The molecule has 0 saturated heterocycles. The summed E-state index contributed by atoms with van der Waals surface area (Å²) in [4.78, 5) is 3.77. The summed E-state index contributed by atoms with van der Waals surface area (Å²) in [6, 6.07) is 58.3. The highest BCUT2D eigenvalue weighted by Gasteiger charge is 2.24. The van der Waals surface area contributed by atoms with E-state index >= 15 is 4.39 Å². The number of nitrogens with zero attached hydrogens (tertiary/aromatic N) is 6. The molecule has 0 atom stereocenters. The van der Waals surface area contributed by atoms with Crippen molar-refractivity contribution in [3.05, 3.63) is 198 Å². The second kappa shape index (κ2) is 13.8.